The van der Waals surface area contributed by atoms with Gasteiger partial charge in [0.15, 0.2) is 24.3 Å². The van der Waals surface area contributed by atoms with Gasteiger partial charge in [-0.15, -0.1) is 0 Å². The van der Waals surface area contributed by atoms with E-state index < -0.39 is 5.82 Å². The van der Waals surface area contributed by atoms with Crippen molar-refractivity contribution in [2.45, 2.75) is 44.7 Å². The van der Waals surface area contributed by atoms with Crippen LogP contribution in [0.15, 0.2) is 72.8 Å². The summed E-state index contributed by atoms with van der Waals surface area (Å²) in [4.78, 5) is 26.2. The summed E-state index contributed by atoms with van der Waals surface area (Å²) in [5, 5.41) is 9.91. The number of nitrogens with zero attached hydrogens (tertiary/aromatic N) is 7. The van der Waals surface area contributed by atoms with Gasteiger partial charge in [0.1, 0.15) is 28.8 Å². The predicted molar refractivity (Wildman–Crippen MR) is 159 cm³/mol. The van der Waals surface area contributed by atoms with Crippen LogP contribution in [0.3, 0.4) is 0 Å². The van der Waals surface area contributed by atoms with Gasteiger partial charge < -0.3 is 15.4 Å². The standard InChI is InChI=1S/C32H34FN8O2/c1-32(2,39-14-7-15-39)17-22(18-34)31(42)38-13-6-8-23(19-38)40-21-41(28-29(35)36-20-37-30(28)40)27-12-11-25(16-26(27)33)43-24-9-4-3-5-10-24/h3-5,9-12,16-17,20-21,23H,6-8,13-15,19H2,1-2H3,(H2,35,36,37)/q+1/b22-17+/t23-/m1/s1. The number of anilines is 1. The Morgan fingerprint density at radius 2 is 1.93 bits per heavy atom. The Balaban J connectivity index is 1.30. The molecule has 4 heterocycles. The number of hydrogen-bond acceptors (Lipinski definition) is 7. The van der Waals surface area contributed by atoms with E-state index in [1.807, 2.05) is 36.6 Å². The molecule has 2 aliphatic heterocycles. The lowest BCUT2D eigenvalue weighted by Gasteiger charge is -2.43. The second-order valence-corrected chi connectivity index (χ2v) is 11.6. The molecule has 2 aliphatic rings. The fourth-order valence-corrected chi connectivity index (χ4v) is 5.88. The van der Waals surface area contributed by atoms with Crippen LogP contribution in [0, 0.1) is 17.1 Å². The Hall–Kier alpha value is -4.82. The quantitative estimate of drug-likeness (QED) is 0.196. The molecule has 220 valence electrons. The molecule has 11 heteroatoms. The highest BCUT2D eigenvalue weighted by molar-refractivity contribution is 5.97. The number of halogens is 1. The van der Waals surface area contributed by atoms with Crippen LogP contribution in [0.4, 0.5) is 10.2 Å². The number of ether oxygens (including phenoxy) is 1. The van der Waals surface area contributed by atoms with Crippen LogP contribution in [-0.2, 0) is 4.79 Å². The van der Waals surface area contributed by atoms with Crippen LogP contribution >= 0.6 is 0 Å². The number of nitriles is 1. The Bertz CT molecular complexity index is 1740. The first-order chi connectivity index (χ1) is 20.7. The molecule has 2 aromatic heterocycles. The minimum Gasteiger partial charge on any atom is -0.457 e. The first-order valence-electron chi connectivity index (χ1n) is 14.5. The van der Waals surface area contributed by atoms with Gasteiger partial charge in [0.05, 0.1) is 12.6 Å². The minimum absolute atomic E-state index is 0.149. The molecule has 0 unspecified atom stereocenters. The number of amides is 1. The van der Waals surface area contributed by atoms with Gasteiger partial charge in [-0.3, -0.25) is 9.69 Å². The lowest BCUT2D eigenvalue weighted by atomic mass is 9.94. The third-order valence-corrected chi connectivity index (χ3v) is 8.31. The summed E-state index contributed by atoms with van der Waals surface area (Å²) < 4.78 is 25.0. The molecule has 6 rings (SSSR count). The Labute approximate surface area is 249 Å². The average molecular weight is 582 g/mol. The highest BCUT2D eigenvalue weighted by Crippen LogP contribution is 2.30. The number of imidazole rings is 1. The van der Waals surface area contributed by atoms with Crippen LogP contribution in [0.2, 0.25) is 0 Å². The smallest absolute Gasteiger partial charge is 0.308 e. The van der Waals surface area contributed by atoms with Crippen molar-refractivity contribution in [1.29, 1.82) is 5.26 Å². The van der Waals surface area contributed by atoms with Crippen LogP contribution in [-0.4, -0.2) is 62.0 Å². The summed E-state index contributed by atoms with van der Waals surface area (Å²) in [6.07, 6.45) is 7.57. The summed E-state index contributed by atoms with van der Waals surface area (Å²) in [5.41, 5.74) is 7.34. The van der Waals surface area contributed by atoms with E-state index in [-0.39, 0.29) is 34.6 Å². The SMILES string of the molecule is CC(C)(/C=C(\C#N)C(=O)N1CCC[C@@H]([n+]2cn(-c3ccc(Oc4ccccc4)cc3F)c3c(N)ncnc32)C1)N1CCC1. The molecule has 43 heavy (non-hydrogen) atoms. The Kier molecular flexibility index (Phi) is 7.54. The molecule has 2 N–H and O–H groups in total. The maximum Gasteiger partial charge on any atom is 0.308 e. The van der Waals surface area contributed by atoms with Crippen molar-refractivity contribution in [3.63, 3.8) is 0 Å². The van der Waals surface area contributed by atoms with Crippen molar-refractivity contribution in [2.75, 3.05) is 31.9 Å². The van der Waals surface area contributed by atoms with E-state index in [0.717, 1.165) is 32.4 Å². The molecule has 0 bridgehead atoms. The molecule has 0 spiro atoms. The fourth-order valence-electron chi connectivity index (χ4n) is 5.88. The molecule has 1 atom stereocenters. The zero-order valence-corrected chi connectivity index (χ0v) is 24.3. The lowest BCUT2D eigenvalue weighted by molar-refractivity contribution is -0.702. The van der Waals surface area contributed by atoms with Crippen LogP contribution in [0.1, 0.15) is 39.2 Å². The summed E-state index contributed by atoms with van der Waals surface area (Å²) in [5.74, 6) is 0.390. The second kappa shape index (κ2) is 11.5. The molecule has 0 aliphatic carbocycles. The highest BCUT2D eigenvalue weighted by Gasteiger charge is 2.35. The molecule has 2 saturated heterocycles. The number of nitrogens with two attached hydrogens (primary N) is 1. The van der Waals surface area contributed by atoms with Crippen molar-refractivity contribution in [1.82, 2.24) is 24.3 Å². The van der Waals surface area contributed by atoms with Gasteiger partial charge in [0.25, 0.3) is 5.91 Å². The summed E-state index contributed by atoms with van der Waals surface area (Å²) in [6, 6.07) is 15.8. The molecular formula is C32H34FN8O2+. The van der Waals surface area contributed by atoms with Crippen molar-refractivity contribution < 1.29 is 18.5 Å². The topological polar surface area (TPSA) is 117 Å². The normalized spacial score (nSPS) is 17.9. The number of hydrogen-bond donors (Lipinski definition) is 1. The summed E-state index contributed by atoms with van der Waals surface area (Å²) >= 11 is 0. The van der Waals surface area contributed by atoms with Gasteiger partial charge in [0, 0.05) is 31.2 Å². The number of para-hydroxylation sites is 1. The minimum atomic E-state index is -0.505. The molecule has 0 radical (unpaired) electrons. The zero-order chi connectivity index (χ0) is 30.1. The molecule has 0 saturated carbocycles. The monoisotopic (exact) mass is 581 g/mol. The number of nitrogen functional groups attached to an aromatic ring is 1. The molecule has 2 fully saturated rings. The fraction of sp³-hybridized carbons (Fsp3) is 0.344. The Morgan fingerprint density at radius 1 is 1.14 bits per heavy atom. The van der Waals surface area contributed by atoms with E-state index in [1.165, 1.54) is 12.4 Å². The number of likely N-dealkylation sites (tertiary alicyclic amines) is 2. The van der Waals surface area contributed by atoms with Crippen LogP contribution < -0.4 is 15.0 Å². The third-order valence-electron chi connectivity index (χ3n) is 8.31. The number of benzene rings is 2. The largest absolute Gasteiger partial charge is 0.457 e. The van der Waals surface area contributed by atoms with Crippen molar-refractivity contribution in [2.24, 2.45) is 0 Å². The van der Waals surface area contributed by atoms with E-state index in [2.05, 4.69) is 20.9 Å². The van der Waals surface area contributed by atoms with Crippen LogP contribution in [0.25, 0.3) is 16.9 Å². The maximum absolute atomic E-state index is 15.6. The van der Waals surface area contributed by atoms with Gasteiger partial charge in [-0.25, -0.2) is 13.5 Å². The van der Waals surface area contributed by atoms with Gasteiger partial charge in [-0.05, 0) is 63.5 Å². The number of carbonyl (C=O) groups is 1. The summed E-state index contributed by atoms with van der Waals surface area (Å²) in [7, 11) is 0. The Morgan fingerprint density at radius 3 is 2.63 bits per heavy atom. The number of fused-ring (bicyclic) bond motifs is 1. The van der Waals surface area contributed by atoms with Gasteiger partial charge >= 0.3 is 5.65 Å². The van der Waals surface area contributed by atoms with E-state index in [4.69, 9.17) is 10.5 Å². The third kappa shape index (κ3) is 5.53. The van der Waals surface area contributed by atoms with E-state index >= 15 is 4.39 Å². The average Bonchev–Trinajstić information content (AvgIpc) is 3.36. The van der Waals surface area contributed by atoms with Crippen molar-refractivity contribution >= 4 is 22.9 Å². The molecule has 4 aromatic rings. The summed E-state index contributed by atoms with van der Waals surface area (Å²) in [6.45, 7) is 6.90. The number of piperidine rings is 1. The number of rotatable bonds is 7. The van der Waals surface area contributed by atoms with Gasteiger partial charge in [-0.1, -0.05) is 23.2 Å². The van der Waals surface area contributed by atoms with E-state index in [9.17, 15) is 10.1 Å². The number of carbonyl (C=O) groups excluding carboxylic acids is 1. The van der Waals surface area contributed by atoms with Crippen molar-refractivity contribution in [3.8, 4) is 23.3 Å². The first-order valence-corrected chi connectivity index (χ1v) is 14.5. The molecular weight excluding hydrogens is 547 g/mol. The zero-order valence-electron chi connectivity index (χ0n) is 24.3. The molecule has 1 amide bonds. The molecule has 2 aromatic carbocycles. The number of aromatic nitrogens is 4. The highest BCUT2D eigenvalue weighted by atomic mass is 19.1. The second-order valence-electron chi connectivity index (χ2n) is 11.6. The first kappa shape index (κ1) is 28.3. The van der Waals surface area contributed by atoms with Gasteiger partial charge in [0.2, 0.25) is 5.52 Å². The van der Waals surface area contributed by atoms with Gasteiger partial charge in [-0.2, -0.15) is 10.2 Å². The van der Waals surface area contributed by atoms with Crippen LogP contribution in [0.5, 0.6) is 11.5 Å². The van der Waals surface area contributed by atoms with E-state index in [0.29, 0.717) is 35.8 Å². The van der Waals surface area contributed by atoms with Crippen molar-refractivity contribution in [3.05, 3.63) is 78.7 Å². The lowest BCUT2D eigenvalue weighted by Crippen LogP contribution is -2.52. The van der Waals surface area contributed by atoms with E-state index in [1.54, 1.807) is 46.1 Å². The maximum atomic E-state index is 15.6. The molecule has 10 nitrogen and oxygen atoms in total. The predicted octanol–water partition coefficient (Wildman–Crippen LogP) is 4.32.